The quantitative estimate of drug-likeness (QED) is 0.647. The molecule has 3 heteroatoms. The van der Waals surface area contributed by atoms with Crippen molar-refractivity contribution in [3.05, 3.63) is 29.8 Å². The van der Waals surface area contributed by atoms with Crippen LogP contribution in [-0.4, -0.2) is 31.5 Å². The van der Waals surface area contributed by atoms with Crippen LogP contribution in [0.2, 0.25) is 0 Å². The van der Waals surface area contributed by atoms with Crippen molar-refractivity contribution in [1.29, 1.82) is 0 Å². The summed E-state index contributed by atoms with van der Waals surface area (Å²) in [5.74, 6) is 1.97. The molecule has 1 aliphatic carbocycles. The molecule has 1 aromatic carbocycles. The van der Waals surface area contributed by atoms with Gasteiger partial charge in [-0.2, -0.15) is 0 Å². The highest BCUT2D eigenvalue weighted by Gasteiger charge is 2.18. The highest BCUT2D eigenvalue weighted by atomic mass is 16.5. The van der Waals surface area contributed by atoms with E-state index >= 15 is 0 Å². The van der Waals surface area contributed by atoms with Crippen molar-refractivity contribution in [1.82, 2.24) is 4.90 Å². The van der Waals surface area contributed by atoms with Crippen LogP contribution in [-0.2, 0) is 4.79 Å². The van der Waals surface area contributed by atoms with Gasteiger partial charge in [-0.05, 0) is 49.7 Å². The van der Waals surface area contributed by atoms with Crippen LogP contribution in [0.4, 0.5) is 0 Å². The van der Waals surface area contributed by atoms with Crippen LogP contribution in [0.25, 0.3) is 0 Å². The van der Waals surface area contributed by atoms with E-state index in [1.165, 1.54) is 37.7 Å². The molecule has 1 amide bonds. The second-order valence-corrected chi connectivity index (χ2v) is 6.82. The van der Waals surface area contributed by atoms with E-state index in [1.807, 2.05) is 14.1 Å². The molecule has 0 radical (unpaired) electrons. The van der Waals surface area contributed by atoms with E-state index in [0.29, 0.717) is 12.3 Å². The fourth-order valence-corrected chi connectivity index (χ4v) is 3.32. The van der Waals surface area contributed by atoms with E-state index in [9.17, 15) is 4.79 Å². The van der Waals surface area contributed by atoms with E-state index < -0.39 is 0 Å². The maximum Gasteiger partial charge on any atom is 0.222 e. The minimum absolute atomic E-state index is 0.216. The lowest BCUT2D eigenvalue weighted by molar-refractivity contribution is -0.128. The molecule has 23 heavy (non-hydrogen) atoms. The fraction of sp³-hybridized carbons (Fsp3) is 0.650. The molecule has 0 unspecified atom stereocenters. The summed E-state index contributed by atoms with van der Waals surface area (Å²) in [5.41, 5.74) is 1.40. The van der Waals surface area contributed by atoms with Gasteiger partial charge in [-0.25, -0.2) is 0 Å². The molecule has 2 rings (SSSR count). The standard InChI is InChI=1S/C20H31NO2/c1-21(2)20(22)15-7-4-10-16-23-19-14-9-8-13-18(19)17-11-5-3-6-12-17/h8-9,13-14,17H,3-7,10-12,15-16H2,1-2H3. The summed E-state index contributed by atoms with van der Waals surface area (Å²) in [5, 5.41) is 0. The number of unbranched alkanes of at least 4 members (excludes halogenated alkanes) is 2. The average molecular weight is 317 g/mol. The molecule has 1 fully saturated rings. The van der Waals surface area contributed by atoms with Crippen LogP contribution >= 0.6 is 0 Å². The zero-order chi connectivity index (χ0) is 16.5. The number of para-hydroxylation sites is 1. The van der Waals surface area contributed by atoms with Crippen LogP contribution in [0.3, 0.4) is 0 Å². The Morgan fingerprint density at radius 2 is 1.83 bits per heavy atom. The number of carbonyl (C=O) groups excluding carboxylic acids is 1. The van der Waals surface area contributed by atoms with E-state index in [0.717, 1.165) is 31.6 Å². The SMILES string of the molecule is CN(C)C(=O)CCCCCOc1ccccc1C1CCCCC1. The number of benzene rings is 1. The molecule has 0 spiro atoms. The largest absolute Gasteiger partial charge is 0.493 e. The van der Waals surface area contributed by atoms with Crippen LogP contribution in [0.1, 0.15) is 69.3 Å². The Hall–Kier alpha value is -1.51. The Bertz CT molecular complexity index is 478. The molecular weight excluding hydrogens is 286 g/mol. The molecule has 0 aliphatic heterocycles. The van der Waals surface area contributed by atoms with E-state index in [-0.39, 0.29) is 5.91 Å². The first kappa shape index (κ1) is 17.8. The first-order valence-corrected chi connectivity index (χ1v) is 9.10. The van der Waals surface area contributed by atoms with Crippen LogP contribution in [0.5, 0.6) is 5.75 Å². The molecular formula is C20H31NO2. The lowest BCUT2D eigenvalue weighted by Crippen LogP contribution is -2.21. The Labute approximate surface area is 141 Å². The Morgan fingerprint density at radius 1 is 1.09 bits per heavy atom. The lowest BCUT2D eigenvalue weighted by atomic mass is 9.84. The lowest BCUT2D eigenvalue weighted by Gasteiger charge is -2.24. The zero-order valence-electron chi connectivity index (χ0n) is 14.7. The van der Waals surface area contributed by atoms with Crippen LogP contribution in [0, 0.1) is 0 Å². The third-order valence-electron chi connectivity index (χ3n) is 4.76. The predicted octanol–water partition coefficient (Wildman–Crippen LogP) is 4.76. The van der Waals surface area contributed by atoms with Gasteiger partial charge in [0, 0.05) is 20.5 Å². The van der Waals surface area contributed by atoms with Gasteiger partial charge in [0.25, 0.3) is 0 Å². The number of amides is 1. The third-order valence-corrected chi connectivity index (χ3v) is 4.76. The summed E-state index contributed by atoms with van der Waals surface area (Å²) in [6.45, 7) is 0.750. The zero-order valence-corrected chi connectivity index (χ0v) is 14.7. The summed E-state index contributed by atoms with van der Waals surface area (Å²) in [6.07, 6.45) is 10.3. The molecule has 0 N–H and O–H groups in total. The van der Waals surface area contributed by atoms with Gasteiger partial charge >= 0.3 is 0 Å². The maximum absolute atomic E-state index is 11.5. The maximum atomic E-state index is 11.5. The molecule has 0 saturated heterocycles. The van der Waals surface area contributed by atoms with E-state index in [1.54, 1.807) is 4.90 Å². The van der Waals surface area contributed by atoms with E-state index in [4.69, 9.17) is 4.74 Å². The number of hydrogen-bond donors (Lipinski definition) is 0. The van der Waals surface area contributed by atoms with Crippen molar-refractivity contribution in [3.63, 3.8) is 0 Å². The molecule has 1 aliphatic rings. The summed E-state index contributed by atoms with van der Waals surface area (Å²) in [7, 11) is 3.63. The van der Waals surface area contributed by atoms with Crippen molar-refractivity contribution >= 4 is 5.91 Å². The van der Waals surface area contributed by atoms with Crippen molar-refractivity contribution in [2.45, 2.75) is 63.7 Å². The second-order valence-electron chi connectivity index (χ2n) is 6.82. The first-order valence-electron chi connectivity index (χ1n) is 9.10. The highest BCUT2D eigenvalue weighted by Crippen LogP contribution is 2.37. The van der Waals surface area contributed by atoms with Crippen molar-refractivity contribution in [2.75, 3.05) is 20.7 Å². The molecule has 0 heterocycles. The second kappa shape index (κ2) is 9.59. The van der Waals surface area contributed by atoms with Crippen molar-refractivity contribution in [3.8, 4) is 5.75 Å². The summed E-state index contributed by atoms with van der Waals surface area (Å²) >= 11 is 0. The van der Waals surface area contributed by atoms with Gasteiger partial charge in [0.15, 0.2) is 0 Å². The van der Waals surface area contributed by atoms with Gasteiger partial charge in [0.1, 0.15) is 5.75 Å². The number of ether oxygens (including phenoxy) is 1. The van der Waals surface area contributed by atoms with Crippen LogP contribution in [0.15, 0.2) is 24.3 Å². The topological polar surface area (TPSA) is 29.5 Å². The molecule has 0 atom stereocenters. The van der Waals surface area contributed by atoms with Gasteiger partial charge < -0.3 is 9.64 Å². The monoisotopic (exact) mass is 317 g/mol. The minimum atomic E-state index is 0.216. The Kier molecular flexibility index (Phi) is 7.44. The molecule has 1 aromatic rings. The van der Waals surface area contributed by atoms with Gasteiger partial charge in [-0.1, -0.05) is 37.5 Å². The van der Waals surface area contributed by atoms with Crippen molar-refractivity contribution in [2.24, 2.45) is 0 Å². The van der Waals surface area contributed by atoms with Gasteiger partial charge in [-0.3, -0.25) is 4.79 Å². The molecule has 0 bridgehead atoms. The normalized spacial score (nSPS) is 15.4. The third kappa shape index (κ3) is 5.89. The van der Waals surface area contributed by atoms with Crippen LogP contribution < -0.4 is 4.74 Å². The average Bonchev–Trinajstić information content (AvgIpc) is 2.58. The Morgan fingerprint density at radius 3 is 2.57 bits per heavy atom. The smallest absolute Gasteiger partial charge is 0.222 e. The highest BCUT2D eigenvalue weighted by molar-refractivity contribution is 5.75. The molecule has 128 valence electrons. The Balaban J connectivity index is 1.72. The predicted molar refractivity (Wildman–Crippen MR) is 94.9 cm³/mol. The number of nitrogens with zero attached hydrogens (tertiary/aromatic N) is 1. The first-order chi connectivity index (χ1) is 11.2. The van der Waals surface area contributed by atoms with Gasteiger partial charge in [0.2, 0.25) is 5.91 Å². The number of carbonyl (C=O) groups is 1. The fourth-order valence-electron chi connectivity index (χ4n) is 3.32. The molecule has 3 nitrogen and oxygen atoms in total. The summed E-state index contributed by atoms with van der Waals surface area (Å²) in [4.78, 5) is 13.2. The number of rotatable bonds is 8. The minimum Gasteiger partial charge on any atom is -0.493 e. The summed E-state index contributed by atoms with van der Waals surface area (Å²) in [6, 6.07) is 8.54. The van der Waals surface area contributed by atoms with Gasteiger partial charge in [0.05, 0.1) is 6.61 Å². The van der Waals surface area contributed by atoms with Crippen molar-refractivity contribution < 1.29 is 9.53 Å². The molecule has 0 aromatic heterocycles. The van der Waals surface area contributed by atoms with Gasteiger partial charge in [-0.15, -0.1) is 0 Å². The molecule has 1 saturated carbocycles. The van der Waals surface area contributed by atoms with E-state index in [2.05, 4.69) is 24.3 Å². The summed E-state index contributed by atoms with van der Waals surface area (Å²) < 4.78 is 6.05. The number of hydrogen-bond acceptors (Lipinski definition) is 2.